The van der Waals surface area contributed by atoms with Crippen LogP contribution in [0.3, 0.4) is 0 Å². The Morgan fingerprint density at radius 1 is 1.39 bits per heavy atom. The van der Waals surface area contributed by atoms with E-state index in [-0.39, 0.29) is 24.5 Å². The van der Waals surface area contributed by atoms with Crippen LogP contribution in [0.1, 0.15) is 10.6 Å². The minimum Gasteiger partial charge on any atom is -0.465 e. The zero-order chi connectivity index (χ0) is 16.8. The standard InChI is InChI=1S/C15H17N5O2S/c16-7-12-13(11(18)6-10(17)8-19-15(21)22)23-14(20-12)9-4-2-1-3-5-9/h1-6,18-19H,7-8,16-17H2,(H,21,22)/b10-6-,18-11?. The summed E-state index contributed by atoms with van der Waals surface area (Å²) in [6.07, 6.45) is 0.247. The van der Waals surface area contributed by atoms with Gasteiger partial charge in [-0.05, 0) is 6.08 Å². The molecule has 0 saturated heterocycles. The van der Waals surface area contributed by atoms with Gasteiger partial charge in [-0.1, -0.05) is 30.3 Å². The molecule has 7 nitrogen and oxygen atoms in total. The molecule has 8 heteroatoms. The van der Waals surface area contributed by atoms with Crippen molar-refractivity contribution in [3.63, 3.8) is 0 Å². The minimum absolute atomic E-state index is 0.0416. The number of nitrogens with zero attached hydrogens (tertiary/aromatic N) is 1. The van der Waals surface area contributed by atoms with Crippen molar-refractivity contribution in [2.45, 2.75) is 6.54 Å². The van der Waals surface area contributed by atoms with Gasteiger partial charge in [-0.15, -0.1) is 11.3 Å². The van der Waals surface area contributed by atoms with E-state index in [9.17, 15) is 4.79 Å². The van der Waals surface area contributed by atoms with Gasteiger partial charge in [0.1, 0.15) is 5.01 Å². The summed E-state index contributed by atoms with van der Waals surface area (Å²) in [5.74, 6) is 0. The Morgan fingerprint density at radius 3 is 2.70 bits per heavy atom. The van der Waals surface area contributed by atoms with Crippen molar-refractivity contribution in [2.24, 2.45) is 11.5 Å². The van der Waals surface area contributed by atoms with Crippen LogP contribution in [0.4, 0.5) is 4.79 Å². The summed E-state index contributed by atoms with van der Waals surface area (Å²) in [5.41, 5.74) is 13.4. The molecule has 1 aromatic carbocycles. The second-order valence-electron chi connectivity index (χ2n) is 4.66. The number of carboxylic acid groups (broad SMARTS) is 1. The lowest BCUT2D eigenvalue weighted by atomic mass is 10.2. The largest absolute Gasteiger partial charge is 0.465 e. The molecule has 23 heavy (non-hydrogen) atoms. The van der Waals surface area contributed by atoms with Crippen LogP contribution >= 0.6 is 11.3 Å². The summed E-state index contributed by atoms with van der Waals surface area (Å²) in [4.78, 5) is 15.6. The van der Waals surface area contributed by atoms with Crippen molar-refractivity contribution in [3.05, 3.63) is 52.7 Å². The molecule has 0 saturated carbocycles. The molecular weight excluding hydrogens is 314 g/mol. The quantitative estimate of drug-likeness (QED) is 0.513. The van der Waals surface area contributed by atoms with Crippen molar-refractivity contribution in [2.75, 3.05) is 6.54 Å². The molecule has 1 heterocycles. The highest BCUT2D eigenvalue weighted by Crippen LogP contribution is 2.28. The fraction of sp³-hybridized carbons (Fsp3) is 0.133. The monoisotopic (exact) mass is 331 g/mol. The molecule has 0 bridgehead atoms. The number of rotatable bonds is 6. The number of amides is 1. The van der Waals surface area contributed by atoms with Crippen molar-refractivity contribution in [1.82, 2.24) is 10.3 Å². The third-order valence-electron chi connectivity index (χ3n) is 2.93. The molecule has 0 radical (unpaired) electrons. The molecule has 1 aromatic heterocycles. The molecule has 0 aliphatic carbocycles. The molecule has 0 aliphatic rings. The van der Waals surface area contributed by atoms with Gasteiger partial charge in [0.25, 0.3) is 0 Å². The van der Waals surface area contributed by atoms with Crippen molar-refractivity contribution in [3.8, 4) is 10.6 Å². The van der Waals surface area contributed by atoms with Crippen LogP contribution in [-0.2, 0) is 6.54 Å². The molecule has 0 unspecified atom stereocenters. The predicted molar refractivity (Wildman–Crippen MR) is 90.6 cm³/mol. The maximum absolute atomic E-state index is 10.4. The number of thiazole rings is 1. The highest BCUT2D eigenvalue weighted by atomic mass is 32.1. The summed E-state index contributed by atoms with van der Waals surface area (Å²) in [6, 6.07) is 9.63. The maximum Gasteiger partial charge on any atom is 0.404 e. The first-order valence-corrected chi connectivity index (χ1v) is 7.60. The minimum atomic E-state index is -1.17. The van der Waals surface area contributed by atoms with Gasteiger partial charge in [0, 0.05) is 17.8 Å². The average molecular weight is 331 g/mol. The summed E-state index contributed by atoms with van der Waals surface area (Å²) < 4.78 is 0. The third kappa shape index (κ3) is 4.38. The van der Waals surface area contributed by atoms with Gasteiger partial charge in [-0.25, -0.2) is 9.78 Å². The van der Waals surface area contributed by atoms with Gasteiger partial charge in [0.2, 0.25) is 0 Å². The number of allylic oxidation sites excluding steroid dienone is 1. The third-order valence-corrected chi connectivity index (χ3v) is 4.11. The van der Waals surface area contributed by atoms with Gasteiger partial charge in [0.05, 0.1) is 22.8 Å². The van der Waals surface area contributed by atoms with E-state index >= 15 is 0 Å². The Hall–Kier alpha value is -2.71. The molecule has 7 N–H and O–H groups in total. The van der Waals surface area contributed by atoms with Crippen LogP contribution in [0.15, 0.2) is 42.1 Å². The normalized spacial score (nSPS) is 11.3. The zero-order valence-corrected chi connectivity index (χ0v) is 13.1. The first-order valence-electron chi connectivity index (χ1n) is 6.78. The number of hydrogen-bond donors (Lipinski definition) is 5. The summed E-state index contributed by atoms with van der Waals surface area (Å²) in [5, 5.41) is 19.6. The number of benzene rings is 1. The van der Waals surface area contributed by atoms with E-state index in [1.165, 1.54) is 17.4 Å². The lowest BCUT2D eigenvalue weighted by Gasteiger charge is -2.02. The highest BCUT2D eigenvalue weighted by Gasteiger charge is 2.14. The first-order chi connectivity index (χ1) is 11.0. The maximum atomic E-state index is 10.4. The molecule has 0 spiro atoms. The van der Waals surface area contributed by atoms with Gasteiger partial charge in [-0.2, -0.15) is 0 Å². The number of carbonyl (C=O) groups is 1. The van der Waals surface area contributed by atoms with Crippen LogP contribution in [-0.4, -0.2) is 28.4 Å². The molecule has 0 fully saturated rings. The summed E-state index contributed by atoms with van der Waals surface area (Å²) in [7, 11) is 0. The molecule has 0 atom stereocenters. The molecule has 120 valence electrons. The second-order valence-corrected chi connectivity index (χ2v) is 5.66. The van der Waals surface area contributed by atoms with Crippen molar-refractivity contribution >= 4 is 23.1 Å². The summed E-state index contributed by atoms with van der Waals surface area (Å²) >= 11 is 1.36. The molecule has 2 aromatic rings. The van der Waals surface area contributed by atoms with Crippen LogP contribution < -0.4 is 16.8 Å². The zero-order valence-electron chi connectivity index (χ0n) is 12.2. The Bertz CT molecular complexity index is 740. The van der Waals surface area contributed by atoms with Gasteiger partial charge in [0.15, 0.2) is 0 Å². The predicted octanol–water partition coefficient (Wildman–Crippen LogP) is 1.75. The SMILES string of the molecule is N=C(/C=C(\N)CNC(=O)O)c1sc(-c2ccccc2)nc1CN. The molecule has 0 aliphatic heterocycles. The van der Waals surface area contributed by atoms with E-state index in [1.54, 1.807) is 0 Å². The van der Waals surface area contributed by atoms with E-state index in [2.05, 4.69) is 10.3 Å². The van der Waals surface area contributed by atoms with Crippen LogP contribution in [0, 0.1) is 5.41 Å². The molecule has 2 rings (SSSR count). The van der Waals surface area contributed by atoms with E-state index in [4.69, 9.17) is 22.0 Å². The van der Waals surface area contributed by atoms with E-state index in [0.29, 0.717) is 10.6 Å². The van der Waals surface area contributed by atoms with Crippen molar-refractivity contribution < 1.29 is 9.90 Å². The number of nitrogens with one attached hydrogen (secondary N) is 2. The Kier molecular flexibility index (Phi) is 5.45. The molecular formula is C15H17N5O2S. The Morgan fingerprint density at radius 2 is 2.09 bits per heavy atom. The van der Waals surface area contributed by atoms with Crippen LogP contribution in [0.25, 0.3) is 10.6 Å². The van der Waals surface area contributed by atoms with Gasteiger partial charge in [-0.3, -0.25) is 5.41 Å². The van der Waals surface area contributed by atoms with Crippen LogP contribution in [0.2, 0.25) is 0 Å². The van der Waals surface area contributed by atoms with Crippen molar-refractivity contribution in [1.29, 1.82) is 5.41 Å². The van der Waals surface area contributed by atoms with E-state index in [1.807, 2.05) is 30.3 Å². The highest BCUT2D eigenvalue weighted by molar-refractivity contribution is 7.17. The smallest absolute Gasteiger partial charge is 0.404 e. The lowest BCUT2D eigenvalue weighted by Crippen LogP contribution is -2.26. The Balaban J connectivity index is 2.25. The van der Waals surface area contributed by atoms with Gasteiger partial charge >= 0.3 is 6.09 Å². The summed E-state index contributed by atoms with van der Waals surface area (Å²) in [6.45, 7) is 0.169. The number of aromatic nitrogens is 1. The first kappa shape index (κ1) is 16.7. The fourth-order valence-corrected chi connectivity index (χ4v) is 2.90. The van der Waals surface area contributed by atoms with Gasteiger partial charge < -0.3 is 21.9 Å². The fourth-order valence-electron chi connectivity index (χ4n) is 1.88. The van der Waals surface area contributed by atoms with E-state index in [0.717, 1.165) is 10.6 Å². The van der Waals surface area contributed by atoms with Crippen LogP contribution in [0.5, 0.6) is 0 Å². The number of nitrogens with two attached hydrogens (primary N) is 2. The number of hydrogen-bond acceptors (Lipinski definition) is 6. The average Bonchev–Trinajstić information content (AvgIpc) is 2.98. The topological polar surface area (TPSA) is 138 Å². The lowest BCUT2D eigenvalue weighted by molar-refractivity contribution is 0.195. The Labute approximate surface area is 137 Å². The molecule has 1 amide bonds. The second kappa shape index (κ2) is 7.52. The van der Waals surface area contributed by atoms with E-state index < -0.39 is 6.09 Å².